The molecule has 3 nitrogen and oxygen atoms in total. The van der Waals surface area contributed by atoms with Gasteiger partial charge in [0.2, 0.25) is 0 Å². The van der Waals surface area contributed by atoms with Crippen LogP contribution >= 0.6 is 0 Å². The molecule has 2 aliphatic rings. The second-order valence-electron chi connectivity index (χ2n) is 4.43. The Morgan fingerprint density at radius 3 is 2.93 bits per heavy atom. The quantitative estimate of drug-likeness (QED) is 0.666. The van der Waals surface area contributed by atoms with Crippen molar-refractivity contribution in [1.29, 1.82) is 0 Å². The average Bonchev–Trinajstić information content (AvgIpc) is 2.65. The van der Waals surface area contributed by atoms with Gasteiger partial charge in [-0.2, -0.15) is 0 Å². The number of methoxy groups -OCH3 is 1. The van der Waals surface area contributed by atoms with E-state index in [9.17, 15) is 4.79 Å². The van der Waals surface area contributed by atoms with Crippen molar-refractivity contribution >= 4 is 5.78 Å². The molecule has 0 radical (unpaired) electrons. The minimum Gasteiger partial charge on any atom is -0.380 e. The molecule has 0 N–H and O–H groups in total. The smallest absolute Gasteiger partial charge is 0.134 e. The van der Waals surface area contributed by atoms with Crippen LogP contribution in [-0.4, -0.2) is 43.0 Å². The minimum absolute atomic E-state index is 0.388. The van der Waals surface area contributed by atoms with Crippen molar-refractivity contribution in [3.05, 3.63) is 0 Å². The molecule has 0 aromatic heterocycles. The number of likely N-dealkylation sites (tertiary alicyclic amines) is 1. The fourth-order valence-electron chi connectivity index (χ4n) is 2.60. The third kappa shape index (κ3) is 2.15. The van der Waals surface area contributed by atoms with E-state index in [-0.39, 0.29) is 0 Å². The second-order valence-corrected chi connectivity index (χ2v) is 4.43. The third-order valence-electron chi connectivity index (χ3n) is 3.48. The van der Waals surface area contributed by atoms with Gasteiger partial charge in [0.1, 0.15) is 5.78 Å². The van der Waals surface area contributed by atoms with E-state index >= 15 is 0 Å². The van der Waals surface area contributed by atoms with Gasteiger partial charge in [0.15, 0.2) is 0 Å². The van der Waals surface area contributed by atoms with Gasteiger partial charge in [0, 0.05) is 32.5 Å². The number of hydrogen-bond donors (Lipinski definition) is 0. The van der Waals surface area contributed by atoms with Crippen LogP contribution in [0.1, 0.15) is 32.1 Å². The Kier molecular flexibility index (Phi) is 3.19. The Balaban J connectivity index is 1.87. The van der Waals surface area contributed by atoms with Gasteiger partial charge in [-0.1, -0.05) is 0 Å². The predicted octanol–water partition coefficient (Wildman–Crippen LogP) is 1.22. The first-order chi connectivity index (χ1) is 6.79. The summed E-state index contributed by atoms with van der Waals surface area (Å²) in [6, 6.07) is 0.514. The number of Topliss-reactive ketones (excluding diaryl/α,β-unsaturated/α-hetero) is 1. The van der Waals surface area contributed by atoms with Crippen molar-refractivity contribution in [3.63, 3.8) is 0 Å². The molecule has 2 atom stereocenters. The van der Waals surface area contributed by atoms with Crippen LogP contribution in [0, 0.1) is 0 Å². The molecule has 1 aliphatic carbocycles. The first kappa shape index (κ1) is 10.1. The zero-order chi connectivity index (χ0) is 9.97. The number of hydrogen-bond acceptors (Lipinski definition) is 3. The first-order valence-corrected chi connectivity index (χ1v) is 5.58. The first-order valence-electron chi connectivity index (χ1n) is 5.58. The van der Waals surface area contributed by atoms with Gasteiger partial charge in [-0.25, -0.2) is 0 Å². The Labute approximate surface area is 85.4 Å². The summed E-state index contributed by atoms with van der Waals surface area (Å²) in [6.07, 6.45) is 5.40. The van der Waals surface area contributed by atoms with Crippen molar-refractivity contribution in [2.45, 2.75) is 44.2 Å². The third-order valence-corrected chi connectivity index (χ3v) is 3.48. The summed E-state index contributed by atoms with van der Waals surface area (Å²) in [5.74, 6) is 0.439. The number of piperidine rings is 1. The number of rotatable bonds is 2. The van der Waals surface area contributed by atoms with Crippen LogP contribution in [0.15, 0.2) is 0 Å². The van der Waals surface area contributed by atoms with Crippen molar-refractivity contribution < 1.29 is 9.53 Å². The van der Waals surface area contributed by atoms with Crippen LogP contribution in [0.2, 0.25) is 0 Å². The Hall–Kier alpha value is -0.410. The summed E-state index contributed by atoms with van der Waals surface area (Å²) in [4.78, 5) is 13.6. The highest BCUT2D eigenvalue weighted by molar-refractivity contribution is 5.81. The fourth-order valence-corrected chi connectivity index (χ4v) is 2.60. The molecule has 2 rings (SSSR count). The number of ketones is 1. The zero-order valence-corrected chi connectivity index (χ0v) is 8.87. The average molecular weight is 197 g/mol. The van der Waals surface area contributed by atoms with Crippen LogP contribution in [0.4, 0.5) is 0 Å². The largest absolute Gasteiger partial charge is 0.380 e. The van der Waals surface area contributed by atoms with Gasteiger partial charge in [-0.3, -0.25) is 9.69 Å². The van der Waals surface area contributed by atoms with E-state index in [1.807, 2.05) is 0 Å². The summed E-state index contributed by atoms with van der Waals surface area (Å²) < 4.78 is 5.38. The molecule has 0 amide bonds. The van der Waals surface area contributed by atoms with E-state index in [1.165, 1.54) is 12.8 Å². The lowest BCUT2D eigenvalue weighted by Gasteiger charge is -2.35. The standard InChI is InChI=1S/C11H19NO2/c1-14-11-3-2-6-12(8-11)9-4-5-10(13)7-9/h9,11H,2-8H2,1H3. The highest BCUT2D eigenvalue weighted by Gasteiger charge is 2.30. The second kappa shape index (κ2) is 4.41. The predicted molar refractivity (Wildman–Crippen MR) is 54.3 cm³/mol. The van der Waals surface area contributed by atoms with Gasteiger partial charge >= 0.3 is 0 Å². The van der Waals surface area contributed by atoms with Gasteiger partial charge in [0.05, 0.1) is 6.10 Å². The normalized spacial score (nSPS) is 35.1. The SMILES string of the molecule is COC1CCCN(C2CCC(=O)C2)C1. The molecular weight excluding hydrogens is 178 g/mol. The fraction of sp³-hybridized carbons (Fsp3) is 0.909. The van der Waals surface area contributed by atoms with E-state index < -0.39 is 0 Å². The summed E-state index contributed by atoms with van der Waals surface area (Å²) in [5, 5.41) is 0. The summed E-state index contributed by atoms with van der Waals surface area (Å²) in [5.41, 5.74) is 0. The summed E-state index contributed by atoms with van der Waals surface area (Å²) >= 11 is 0. The molecular formula is C11H19NO2. The van der Waals surface area contributed by atoms with Gasteiger partial charge in [-0.15, -0.1) is 0 Å². The van der Waals surface area contributed by atoms with Gasteiger partial charge < -0.3 is 4.74 Å². The zero-order valence-electron chi connectivity index (χ0n) is 8.87. The monoisotopic (exact) mass is 197 g/mol. The van der Waals surface area contributed by atoms with Crippen LogP contribution in [0.5, 0.6) is 0 Å². The molecule has 3 heteroatoms. The topological polar surface area (TPSA) is 29.5 Å². The maximum atomic E-state index is 11.2. The van der Waals surface area contributed by atoms with Crippen LogP contribution in [0.25, 0.3) is 0 Å². The number of carbonyl (C=O) groups excluding carboxylic acids is 1. The summed E-state index contributed by atoms with van der Waals surface area (Å²) in [6.45, 7) is 2.17. The van der Waals surface area contributed by atoms with Crippen molar-refractivity contribution in [1.82, 2.24) is 4.90 Å². The van der Waals surface area contributed by atoms with Crippen molar-refractivity contribution in [3.8, 4) is 0 Å². The molecule has 0 aromatic carbocycles. The van der Waals surface area contributed by atoms with Gasteiger partial charge in [0.25, 0.3) is 0 Å². The molecule has 0 spiro atoms. The Morgan fingerprint density at radius 1 is 1.43 bits per heavy atom. The molecule has 14 heavy (non-hydrogen) atoms. The maximum absolute atomic E-state index is 11.2. The number of ether oxygens (including phenoxy) is 1. The summed E-state index contributed by atoms with van der Waals surface area (Å²) in [7, 11) is 1.79. The number of carbonyl (C=O) groups is 1. The lowest BCUT2D eigenvalue weighted by Crippen LogP contribution is -2.44. The van der Waals surface area contributed by atoms with Crippen LogP contribution < -0.4 is 0 Å². The Morgan fingerprint density at radius 2 is 2.29 bits per heavy atom. The highest BCUT2D eigenvalue weighted by Crippen LogP contribution is 2.24. The lowest BCUT2D eigenvalue weighted by atomic mass is 10.1. The lowest BCUT2D eigenvalue weighted by molar-refractivity contribution is -0.117. The number of nitrogens with zero attached hydrogens (tertiary/aromatic N) is 1. The van der Waals surface area contributed by atoms with Crippen molar-refractivity contribution in [2.24, 2.45) is 0 Å². The maximum Gasteiger partial charge on any atom is 0.134 e. The Bertz CT molecular complexity index is 217. The molecule has 1 heterocycles. The highest BCUT2D eigenvalue weighted by atomic mass is 16.5. The van der Waals surface area contributed by atoms with Crippen LogP contribution in [0.3, 0.4) is 0 Å². The molecule has 0 bridgehead atoms. The van der Waals surface area contributed by atoms with E-state index in [0.717, 1.165) is 32.4 Å². The van der Waals surface area contributed by atoms with Gasteiger partial charge in [-0.05, 0) is 25.8 Å². The van der Waals surface area contributed by atoms with Crippen molar-refractivity contribution in [2.75, 3.05) is 20.2 Å². The molecule has 1 saturated heterocycles. The van der Waals surface area contributed by atoms with E-state index in [0.29, 0.717) is 17.9 Å². The molecule has 80 valence electrons. The van der Waals surface area contributed by atoms with E-state index in [4.69, 9.17) is 4.74 Å². The molecule has 1 saturated carbocycles. The molecule has 1 aliphatic heterocycles. The van der Waals surface area contributed by atoms with E-state index in [1.54, 1.807) is 7.11 Å². The minimum atomic E-state index is 0.388. The van der Waals surface area contributed by atoms with Crippen LogP contribution in [-0.2, 0) is 9.53 Å². The molecule has 2 unspecified atom stereocenters. The molecule has 2 fully saturated rings. The van der Waals surface area contributed by atoms with E-state index in [2.05, 4.69) is 4.90 Å². The molecule has 0 aromatic rings.